The standard InChI is InChI=1S/C17H17N3O2S3/c1-20(2)25(21,22)15-8-9-16(18-10-15)23-11-14-12-24-17(19-14)13-6-4-3-5-7-13/h3-10,12H,11H2,1-2H3. The van der Waals surface area contributed by atoms with Gasteiger partial charge in [0.25, 0.3) is 0 Å². The Morgan fingerprint density at radius 1 is 1.12 bits per heavy atom. The van der Waals surface area contributed by atoms with Gasteiger partial charge in [-0.15, -0.1) is 23.1 Å². The van der Waals surface area contributed by atoms with Gasteiger partial charge in [-0.3, -0.25) is 0 Å². The summed E-state index contributed by atoms with van der Waals surface area (Å²) < 4.78 is 25.2. The van der Waals surface area contributed by atoms with Crippen LogP contribution < -0.4 is 0 Å². The molecule has 1 aromatic carbocycles. The van der Waals surface area contributed by atoms with Crippen LogP contribution in [0.2, 0.25) is 0 Å². The van der Waals surface area contributed by atoms with E-state index in [1.165, 1.54) is 36.4 Å². The highest BCUT2D eigenvalue weighted by molar-refractivity contribution is 7.98. The zero-order valence-corrected chi connectivity index (χ0v) is 16.2. The highest BCUT2D eigenvalue weighted by Gasteiger charge is 2.17. The van der Waals surface area contributed by atoms with Crippen LogP contribution in [-0.2, 0) is 15.8 Å². The Kier molecular flexibility index (Phi) is 5.53. The fourth-order valence-corrected chi connectivity index (χ4v) is 4.56. The minimum Gasteiger partial charge on any atom is -0.249 e. The molecule has 0 aliphatic carbocycles. The molecule has 3 aromatic rings. The van der Waals surface area contributed by atoms with E-state index in [-0.39, 0.29) is 4.90 Å². The number of benzene rings is 1. The van der Waals surface area contributed by atoms with Gasteiger partial charge in [-0.2, -0.15) is 0 Å². The van der Waals surface area contributed by atoms with Crippen molar-refractivity contribution in [2.24, 2.45) is 0 Å². The third-order valence-corrected chi connectivity index (χ3v) is 7.14. The normalized spacial score (nSPS) is 11.8. The fourth-order valence-electron chi connectivity index (χ4n) is 2.05. The number of hydrogen-bond acceptors (Lipinski definition) is 6. The van der Waals surface area contributed by atoms with Crippen LogP contribution in [0, 0.1) is 0 Å². The number of rotatable bonds is 6. The van der Waals surface area contributed by atoms with Gasteiger partial charge in [0.15, 0.2) is 0 Å². The summed E-state index contributed by atoms with van der Waals surface area (Å²) in [7, 11) is -0.428. The summed E-state index contributed by atoms with van der Waals surface area (Å²) in [6.07, 6.45) is 1.40. The van der Waals surface area contributed by atoms with Crippen LogP contribution in [0.5, 0.6) is 0 Å². The summed E-state index contributed by atoms with van der Waals surface area (Å²) in [6.45, 7) is 0. The van der Waals surface area contributed by atoms with Crippen LogP contribution in [-0.4, -0.2) is 36.8 Å². The minimum atomic E-state index is -3.44. The first-order chi connectivity index (χ1) is 12.0. The molecule has 0 fully saturated rings. The molecule has 25 heavy (non-hydrogen) atoms. The van der Waals surface area contributed by atoms with Crippen molar-refractivity contribution in [3.63, 3.8) is 0 Å². The molecule has 0 N–H and O–H groups in total. The Labute approximate surface area is 155 Å². The van der Waals surface area contributed by atoms with E-state index in [1.807, 2.05) is 35.7 Å². The third-order valence-electron chi connectivity index (χ3n) is 3.43. The van der Waals surface area contributed by atoms with Crippen molar-refractivity contribution in [3.05, 3.63) is 59.7 Å². The third kappa shape index (κ3) is 4.27. The molecule has 0 aliphatic rings. The first kappa shape index (κ1) is 18.1. The first-order valence-corrected chi connectivity index (χ1v) is 10.8. The van der Waals surface area contributed by atoms with E-state index < -0.39 is 10.0 Å². The molecule has 2 heterocycles. The average molecular weight is 392 g/mol. The Bertz CT molecular complexity index is 937. The van der Waals surface area contributed by atoms with Crippen LogP contribution >= 0.6 is 23.1 Å². The lowest BCUT2D eigenvalue weighted by atomic mass is 10.2. The van der Waals surface area contributed by atoms with Gasteiger partial charge in [0.1, 0.15) is 9.90 Å². The molecule has 0 amide bonds. The number of pyridine rings is 1. The van der Waals surface area contributed by atoms with Gasteiger partial charge in [-0.25, -0.2) is 22.7 Å². The van der Waals surface area contributed by atoms with Crippen LogP contribution in [0.1, 0.15) is 5.69 Å². The number of nitrogens with zero attached hydrogens (tertiary/aromatic N) is 3. The molecule has 3 rings (SSSR count). The van der Waals surface area contributed by atoms with Crippen molar-refractivity contribution in [1.29, 1.82) is 0 Å². The SMILES string of the molecule is CN(C)S(=O)(=O)c1ccc(SCc2csc(-c3ccccc3)n2)nc1. The van der Waals surface area contributed by atoms with Gasteiger partial charge in [0.2, 0.25) is 10.0 Å². The Morgan fingerprint density at radius 3 is 2.52 bits per heavy atom. The zero-order chi connectivity index (χ0) is 17.9. The van der Waals surface area contributed by atoms with Crippen LogP contribution in [0.25, 0.3) is 10.6 Å². The van der Waals surface area contributed by atoms with Crippen molar-refractivity contribution in [2.75, 3.05) is 14.1 Å². The second-order valence-electron chi connectivity index (χ2n) is 5.42. The summed E-state index contributed by atoms with van der Waals surface area (Å²) in [5.41, 5.74) is 2.10. The maximum Gasteiger partial charge on any atom is 0.244 e. The lowest BCUT2D eigenvalue weighted by molar-refractivity contribution is 0.520. The molecule has 0 spiro atoms. The second kappa shape index (κ2) is 7.65. The van der Waals surface area contributed by atoms with Crippen LogP contribution in [0.3, 0.4) is 0 Å². The average Bonchev–Trinajstić information content (AvgIpc) is 3.10. The molecule has 0 unspecified atom stereocenters. The highest BCUT2D eigenvalue weighted by atomic mass is 32.2. The van der Waals surface area contributed by atoms with Crippen molar-refractivity contribution in [2.45, 2.75) is 15.7 Å². The van der Waals surface area contributed by atoms with E-state index >= 15 is 0 Å². The Hall–Kier alpha value is -1.74. The Morgan fingerprint density at radius 2 is 1.88 bits per heavy atom. The van der Waals surface area contributed by atoms with Crippen molar-refractivity contribution in [3.8, 4) is 10.6 Å². The topological polar surface area (TPSA) is 63.2 Å². The van der Waals surface area contributed by atoms with E-state index in [1.54, 1.807) is 23.5 Å². The second-order valence-corrected chi connectivity index (χ2v) is 9.42. The minimum absolute atomic E-state index is 0.196. The van der Waals surface area contributed by atoms with E-state index in [9.17, 15) is 8.42 Å². The molecule has 0 saturated carbocycles. The number of thioether (sulfide) groups is 1. The van der Waals surface area contributed by atoms with Crippen molar-refractivity contribution >= 4 is 33.1 Å². The maximum atomic E-state index is 12.0. The van der Waals surface area contributed by atoms with E-state index in [2.05, 4.69) is 9.97 Å². The van der Waals surface area contributed by atoms with Crippen molar-refractivity contribution in [1.82, 2.24) is 14.3 Å². The molecule has 130 valence electrons. The number of hydrogen-bond donors (Lipinski definition) is 0. The van der Waals surface area contributed by atoms with E-state index in [0.717, 1.165) is 21.3 Å². The quantitative estimate of drug-likeness (QED) is 0.599. The molecule has 2 aromatic heterocycles. The summed E-state index contributed by atoms with van der Waals surface area (Å²) in [5, 5.41) is 3.81. The van der Waals surface area contributed by atoms with E-state index in [4.69, 9.17) is 0 Å². The van der Waals surface area contributed by atoms with Gasteiger partial charge in [-0.05, 0) is 12.1 Å². The molecule has 0 aliphatic heterocycles. The zero-order valence-electron chi connectivity index (χ0n) is 13.8. The summed E-state index contributed by atoms with van der Waals surface area (Å²) in [5.74, 6) is 0.691. The van der Waals surface area contributed by atoms with Crippen molar-refractivity contribution < 1.29 is 8.42 Å². The first-order valence-electron chi connectivity index (χ1n) is 7.48. The van der Waals surface area contributed by atoms with E-state index in [0.29, 0.717) is 5.75 Å². The highest BCUT2D eigenvalue weighted by Crippen LogP contribution is 2.27. The van der Waals surface area contributed by atoms with Gasteiger partial charge < -0.3 is 0 Å². The largest absolute Gasteiger partial charge is 0.249 e. The summed E-state index contributed by atoms with van der Waals surface area (Å²) in [4.78, 5) is 9.08. The van der Waals surface area contributed by atoms with Crippen LogP contribution in [0.4, 0.5) is 0 Å². The molecular formula is C17H17N3O2S3. The number of thiazole rings is 1. The molecule has 0 saturated heterocycles. The monoisotopic (exact) mass is 391 g/mol. The lowest BCUT2D eigenvalue weighted by Crippen LogP contribution is -2.22. The Balaban J connectivity index is 1.66. The van der Waals surface area contributed by atoms with Crippen LogP contribution in [0.15, 0.2) is 64.0 Å². The van der Waals surface area contributed by atoms with Gasteiger partial charge in [0, 0.05) is 37.0 Å². The molecule has 0 radical (unpaired) electrons. The van der Waals surface area contributed by atoms with Gasteiger partial charge in [-0.1, -0.05) is 30.3 Å². The van der Waals surface area contributed by atoms with Gasteiger partial charge >= 0.3 is 0 Å². The molecular weight excluding hydrogens is 374 g/mol. The molecule has 8 heteroatoms. The molecule has 5 nitrogen and oxygen atoms in total. The summed E-state index contributed by atoms with van der Waals surface area (Å²) >= 11 is 3.15. The maximum absolute atomic E-state index is 12.0. The predicted molar refractivity (Wildman–Crippen MR) is 102 cm³/mol. The fraction of sp³-hybridized carbons (Fsp3) is 0.176. The number of sulfonamides is 1. The molecule has 0 atom stereocenters. The smallest absolute Gasteiger partial charge is 0.244 e. The molecule has 0 bridgehead atoms. The number of aromatic nitrogens is 2. The van der Waals surface area contributed by atoms with Gasteiger partial charge in [0.05, 0.1) is 10.7 Å². The summed E-state index contributed by atoms with van der Waals surface area (Å²) in [6, 6.07) is 13.4. The predicted octanol–water partition coefficient (Wildman–Crippen LogP) is 3.75. The lowest BCUT2D eigenvalue weighted by Gasteiger charge is -2.10.